The zero-order chi connectivity index (χ0) is 47.7. The fourth-order valence-corrected chi connectivity index (χ4v) is 7.55. The van der Waals surface area contributed by atoms with Crippen LogP contribution in [0.15, 0.2) is 97.2 Å². The highest BCUT2D eigenvalue weighted by Crippen LogP contribution is 2.15. The van der Waals surface area contributed by atoms with Gasteiger partial charge in [0.05, 0.1) is 6.61 Å². The van der Waals surface area contributed by atoms with Crippen molar-refractivity contribution in [3.63, 3.8) is 0 Å². The van der Waals surface area contributed by atoms with Gasteiger partial charge < -0.3 is 14.2 Å². The topological polar surface area (TPSA) is 61.8 Å². The first-order valence-corrected chi connectivity index (χ1v) is 27.8. The van der Waals surface area contributed by atoms with E-state index in [9.17, 15) is 9.59 Å². The molecule has 0 aromatic rings. The largest absolute Gasteiger partial charge is 0.462 e. The summed E-state index contributed by atoms with van der Waals surface area (Å²) in [5.74, 6) is -0.428. The van der Waals surface area contributed by atoms with E-state index in [0.717, 1.165) is 116 Å². The zero-order valence-electron chi connectivity index (χ0n) is 43.4. The zero-order valence-corrected chi connectivity index (χ0v) is 43.4. The minimum absolute atomic E-state index is 0.0621. The number of carbonyl (C=O) groups is 2. The summed E-state index contributed by atoms with van der Waals surface area (Å²) in [4.78, 5) is 25.5. The number of ether oxygens (including phenoxy) is 3. The number of hydrogen-bond donors (Lipinski definition) is 0. The van der Waals surface area contributed by atoms with Gasteiger partial charge in [-0.25, -0.2) is 0 Å². The molecule has 0 fully saturated rings. The van der Waals surface area contributed by atoms with E-state index in [0.29, 0.717) is 19.4 Å². The fraction of sp³-hybridized carbons (Fsp3) is 0.705. The van der Waals surface area contributed by atoms with Crippen molar-refractivity contribution >= 4 is 11.9 Å². The Kier molecular flexibility index (Phi) is 53.4. The van der Waals surface area contributed by atoms with Crippen LogP contribution in [0.5, 0.6) is 0 Å². The van der Waals surface area contributed by atoms with Crippen LogP contribution in [0, 0.1) is 0 Å². The van der Waals surface area contributed by atoms with E-state index in [4.69, 9.17) is 14.2 Å². The SMILES string of the molecule is CC/C=C\C/C=C\C/C=C\C/C=C\CCCCCCCCC(=O)OCC(COCCCCC/C=C\C/C=C\C/C=C\C/C=C\CC)OC(=O)CCCCCCCCCCCCCCCCC. The second kappa shape index (κ2) is 56.1. The summed E-state index contributed by atoms with van der Waals surface area (Å²) in [6, 6.07) is 0. The maximum Gasteiger partial charge on any atom is 0.306 e. The van der Waals surface area contributed by atoms with Crippen molar-refractivity contribution in [2.45, 2.75) is 258 Å². The first-order chi connectivity index (χ1) is 32.6. The monoisotopic (exact) mass is 917 g/mol. The first kappa shape index (κ1) is 62.8. The van der Waals surface area contributed by atoms with Crippen LogP contribution < -0.4 is 0 Å². The molecule has 0 aromatic heterocycles. The molecule has 1 atom stereocenters. The van der Waals surface area contributed by atoms with Gasteiger partial charge in [-0.3, -0.25) is 9.59 Å². The summed E-state index contributed by atoms with van der Waals surface area (Å²) < 4.78 is 17.4. The van der Waals surface area contributed by atoms with Crippen molar-refractivity contribution < 1.29 is 23.8 Å². The second-order valence-electron chi connectivity index (χ2n) is 18.1. The predicted octanol–water partition coefficient (Wildman–Crippen LogP) is 19.0. The van der Waals surface area contributed by atoms with Crippen molar-refractivity contribution in [2.24, 2.45) is 0 Å². The van der Waals surface area contributed by atoms with Crippen LogP contribution in [-0.2, 0) is 23.8 Å². The molecule has 0 bridgehead atoms. The Morgan fingerprint density at radius 1 is 0.348 bits per heavy atom. The molecule has 0 saturated heterocycles. The first-order valence-electron chi connectivity index (χ1n) is 27.8. The van der Waals surface area contributed by atoms with Crippen molar-refractivity contribution in [1.29, 1.82) is 0 Å². The standard InChI is InChI=1S/C61H104O5/c1-4-7-10-13-16-19-22-25-28-30-31-32-34-36-39-42-45-48-51-54-60(62)65-58-59(57-64-56-53-50-47-44-41-38-35-29-26-23-20-17-14-11-8-5-2)66-61(63)55-52-49-46-43-40-37-33-27-24-21-18-15-12-9-6-3/h7-8,10-11,16-17,19-20,25-26,28-29,31-32,38,41,59H,4-6,9,12-15,18,21-24,27,30,33-37,39-40,42-58H2,1-3H3/b10-7-,11-8-,19-16-,20-17-,28-25-,29-26-,32-31-,41-38-. The lowest BCUT2D eigenvalue weighted by atomic mass is 10.0. The number of allylic oxidation sites excluding steroid dienone is 16. The van der Waals surface area contributed by atoms with Gasteiger partial charge in [0.15, 0.2) is 6.10 Å². The maximum absolute atomic E-state index is 12.8. The number of esters is 2. The molecule has 5 heteroatoms. The minimum Gasteiger partial charge on any atom is -0.462 e. The summed E-state index contributed by atoms with van der Waals surface area (Å²) in [6.45, 7) is 7.53. The number of unbranched alkanes of at least 4 members (excludes halogenated alkanes) is 23. The average Bonchev–Trinajstić information content (AvgIpc) is 3.32. The van der Waals surface area contributed by atoms with E-state index in [2.05, 4.69) is 118 Å². The van der Waals surface area contributed by atoms with Crippen molar-refractivity contribution in [3.8, 4) is 0 Å². The molecule has 0 amide bonds. The number of hydrogen-bond acceptors (Lipinski definition) is 5. The highest BCUT2D eigenvalue weighted by Gasteiger charge is 2.17. The van der Waals surface area contributed by atoms with Gasteiger partial charge in [-0.05, 0) is 96.3 Å². The molecular weight excluding hydrogens is 813 g/mol. The van der Waals surface area contributed by atoms with Gasteiger partial charge in [0, 0.05) is 19.4 Å². The Morgan fingerprint density at radius 3 is 1.09 bits per heavy atom. The van der Waals surface area contributed by atoms with Crippen LogP contribution in [-0.4, -0.2) is 37.9 Å². The molecule has 0 aliphatic carbocycles. The molecule has 5 nitrogen and oxygen atoms in total. The van der Waals surface area contributed by atoms with Crippen LogP contribution in [0.1, 0.15) is 252 Å². The normalized spacial score (nSPS) is 13.0. The highest BCUT2D eigenvalue weighted by atomic mass is 16.6. The molecule has 0 heterocycles. The van der Waals surface area contributed by atoms with Gasteiger partial charge in [-0.15, -0.1) is 0 Å². The van der Waals surface area contributed by atoms with Gasteiger partial charge in [0.1, 0.15) is 6.61 Å². The molecule has 0 rings (SSSR count). The van der Waals surface area contributed by atoms with E-state index < -0.39 is 6.10 Å². The lowest BCUT2D eigenvalue weighted by Crippen LogP contribution is -2.30. The molecule has 0 aliphatic rings. The summed E-state index contributed by atoms with van der Waals surface area (Å²) in [6.07, 6.45) is 75.7. The molecule has 0 N–H and O–H groups in total. The van der Waals surface area contributed by atoms with Crippen LogP contribution in [0.4, 0.5) is 0 Å². The molecule has 0 aliphatic heterocycles. The molecule has 66 heavy (non-hydrogen) atoms. The second-order valence-corrected chi connectivity index (χ2v) is 18.1. The van der Waals surface area contributed by atoms with Crippen LogP contribution in [0.3, 0.4) is 0 Å². The summed E-state index contributed by atoms with van der Waals surface area (Å²) in [7, 11) is 0. The summed E-state index contributed by atoms with van der Waals surface area (Å²) in [5.41, 5.74) is 0. The van der Waals surface area contributed by atoms with Crippen molar-refractivity contribution in [2.75, 3.05) is 19.8 Å². The molecule has 1 unspecified atom stereocenters. The molecule has 0 spiro atoms. The van der Waals surface area contributed by atoms with Crippen LogP contribution in [0.2, 0.25) is 0 Å². The molecule has 378 valence electrons. The third-order valence-corrected chi connectivity index (χ3v) is 11.6. The van der Waals surface area contributed by atoms with Gasteiger partial charge >= 0.3 is 11.9 Å². The molecular formula is C61H104O5. The predicted molar refractivity (Wildman–Crippen MR) is 288 cm³/mol. The lowest BCUT2D eigenvalue weighted by molar-refractivity contribution is -0.163. The Morgan fingerprint density at radius 2 is 0.682 bits per heavy atom. The lowest BCUT2D eigenvalue weighted by Gasteiger charge is -2.18. The van der Waals surface area contributed by atoms with Crippen molar-refractivity contribution in [3.05, 3.63) is 97.2 Å². The number of carbonyl (C=O) groups excluding carboxylic acids is 2. The Balaban J connectivity index is 4.35. The number of rotatable bonds is 50. The van der Waals surface area contributed by atoms with Gasteiger partial charge in [0.25, 0.3) is 0 Å². The van der Waals surface area contributed by atoms with Crippen LogP contribution in [0.25, 0.3) is 0 Å². The molecule has 0 saturated carbocycles. The van der Waals surface area contributed by atoms with E-state index in [-0.39, 0.29) is 25.2 Å². The average molecular weight is 917 g/mol. The third-order valence-electron chi connectivity index (χ3n) is 11.6. The van der Waals surface area contributed by atoms with Crippen LogP contribution >= 0.6 is 0 Å². The Hall–Kier alpha value is -3.18. The van der Waals surface area contributed by atoms with E-state index >= 15 is 0 Å². The van der Waals surface area contributed by atoms with Crippen molar-refractivity contribution in [1.82, 2.24) is 0 Å². The van der Waals surface area contributed by atoms with E-state index in [1.807, 2.05) is 0 Å². The van der Waals surface area contributed by atoms with Gasteiger partial charge in [-0.1, -0.05) is 240 Å². The Labute approximate surface area is 409 Å². The smallest absolute Gasteiger partial charge is 0.306 e. The van der Waals surface area contributed by atoms with Gasteiger partial charge in [0.2, 0.25) is 0 Å². The molecule has 0 radical (unpaired) electrons. The maximum atomic E-state index is 12.8. The molecule has 0 aromatic carbocycles. The van der Waals surface area contributed by atoms with E-state index in [1.54, 1.807) is 0 Å². The quantitative estimate of drug-likeness (QED) is 0.0346. The third kappa shape index (κ3) is 53.4. The highest BCUT2D eigenvalue weighted by molar-refractivity contribution is 5.70. The van der Waals surface area contributed by atoms with Gasteiger partial charge in [-0.2, -0.15) is 0 Å². The summed E-state index contributed by atoms with van der Waals surface area (Å²) in [5, 5.41) is 0. The Bertz CT molecular complexity index is 1270. The minimum atomic E-state index is -0.563. The fourth-order valence-electron chi connectivity index (χ4n) is 7.55. The van der Waals surface area contributed by atoms with E-state index in [1.165, 1.54) is 103 Å². The summed E-state index contributed by atoms with van der Waals surface area (Å²) >= 11 is 0.